The summed E-state index contributed by atoms with van der Waals surface area (Å²) in [7, 11) is -1.86. The molecule has 0 bridgehead atoms. The quantitative estimate of drug-likeness (QED) is 0.601. The Balaban J connectivity index is 1.92. The van der Waals surface area contributed by atoms with E-state index in [1.54, 1.807) is 24.3 Å². The van der Waals surface area contributed by atoms with Gasteiger partial charge in [-0.2, -0.15) is 4.31 Å². The van der Waals surface area contributed by atoms with Gasteiger partial charge < -0.3 is 10.2 Å². The Morgan fingerprint density at radius 3 is 2.44 bits per heavy atom. The van der Waals surface area contributed by atoms with Crippen LogP contribution in [0.5, 0.6) is 0 Å². The Kier molecular flexibility index (Phi) is 5.66. The Labute approximate surface area is 162 Å². The van der Waals surface area contributed by atoms with E-state index in [-0.39, 0.29) is 16.3 Å². The molecular weight excluding hydrogens is 392 g/mol. The number of hydrogen-bond donors (Lipinski definition) is 1. The molecule has 1 heterocycles. The second-order valence-corrected chi connectivity index (χ2v) is 8.65. The molecule has 0 aromatic heterocycles. The lowest BCUT2D eigenvalue weighted by Crippen LogP contribution is -2.47. The first-order valence-electron chi connectivity index (χ1n) is 8.27. The smallest absolute Gasteiger partial charge is 0.294 e. The summed E-state index contributed by atoms with van der Waals surface area (Å²) in [5.74, 6) is 0. The molecule has 0 unspecified atom stereocenters. The highest BCUT2D eigenvalue weighted by Gasteiger charge is 2.29. The molecule has 144 valence electrons. The monoisotopic (exact) mass is 410 g/mol. The van der Waals surface area contributed by atoms with E-state index >= 15 is 0 Å². The molecule has 0 saturated carbocycles. The number of nitro groups is 1. The average molecular weight is 411 g/mol. The van der Waals surface area contributed by atoms with Crippen LogP contribution in [0.15, 0.2) is 47.4 Å². The molecule has 1 N–H and O–H groups in total. The molecule has 10 heteroatoms. The van der Waals surface area contributed by atoms with Crippen LogP contribution in [0, 0.1) is 10.1 Å². The summed E-state index contributed by atoms with van der Waals surface area (Å²) in [5, 5.41) is 14.9. The average Bonchev–Trinajstić information content (AvgIpc) is 2.62. The van der Waals surface area contributed by atoms with Gasteiger partial charge in [0.25, 0.3) is 5.69 Å². The lowest BCUT2D eigenvalue weighted by Gasteiger charge is -2.31. The molecular formula is C17H19ClN4O4S. The minimum Gasteiger partial charge on any atom is -0.350 e. The van der Waals surface area contributed by atoms with Crippen LogP contribution in [-0.4, -0.2) is 55.8 Å². The first-order chi connectivity index (χ1) is 12.8. The van der Waals surface area contributed by atoms with Crippen LogP contribution in [0.25, 0.3) is 0 Å². The maximum absolute atomic E-state index is 12.8. The number of sulfonamides is 1. The normalized spacial score (nSPS) is 16.2. The molecule has 0 radical (unpaired) electrons. The summed E-state index contributed by atoms with van der Waals surface area (Å²) in [6.45, 7) is 1.95. The Morgan fingerprint density at radius 2 is 1.81 bits per heavy atom. The van der Waals surface area contributed by atoms with Crippen LogP contribution in [0.1, 0.15) is 0 Å². The van der Waals surface area contributed by atoms with Gasteiger partial charge in [0.1, 0.15) is 5.69 Å². The van der Waals surface area contributed by atoms with Gasteiger partial charge in [-0.25, -0.2) is 8.42 Å². The molecule has 0 atom stereocenters. The summed E-state index contributed by atoms with van der Waals surface area (Å²) in [6, 6.07) is 10.6. The van der Waals surface area contributed by atoms with Gasteiger partial charge >= 0.3 is 0 Å². The standard InChI is InChI=1S/C17H19ClN4O4S/c1-20-7-9-21(10-8-20)27(25,26)15-5-6-16(17(12-15)22(23)24)19-14-4-2-3-13(18)11-14/h2-6,11-12,19H,7-10H2,1H3. The molecule has 3 rings (SSSR count). The number of rotatable bonds is 5. The van der Waals surface area contributed by atoms with E-state index in [2.05, 4.69) is 5.32 Å². The molecule has 1 aliphatic rings. The fraction of sp³-hybridized carbons (Fsp3) is 0.294. The van der Waals surface area contributed by atoms with Crippen LogP contribution in [0.4, 0.5) is 17.1 Å². The maximum Gasteiger partial charge on any atom is 0.294 e. The Morgan fingerprint density at radius 1 is 1.11 bits per heavy atom. The first kappa shape index (κ1) is 19.6. The van der Waals surface area contributed by atoms with E-state index in [0.29, 0.717) is 36.9 Å². The minimum atomic E-state index is -3.78. The van der Waals surface area contributed by atoms with Crippen molar-refractivity contribution in [3.8, 4) is 0 Å². The molecule has 0 aliphatic carbocycles. The van der Waals surface area contributed by atoms with Gasteiger partial charge in [0.15, 0.2) is 0 Å². The Bertz CT molecular complexity index is 959. The van der Waals surface area contributed by atoms with Gasteiger partial charge in [0.2, 0.25) is 10.0 Å². The number of halogens is 1. The molecule has 2 aromatic rings. The van der Waals surface area contributed by atoms with E-state index in [9.17, 15) is 18.5 Å². The molecule has 8 nitrogen and oxygen atoms in total. The molecule has 0 amide bonds. The van der Waals surface area contributed by atoms with Gasteiger partial charge in [-0.1, -0.05) is 17.7 Å². The van der Waals surface area contributed by atoms with E-state index in [0.717, 1.165) is 6.07 Å². The molecule has 2 aromatic carbocycles. The van der Waals surface area contributed by atoms with Crippen LogP contribution in [0.2, 0.25) is 5.02 Å². The first-order valence-corrected chi connectivity index (χ1v) is 10.1. The molecule has 1 saturated heterocycles. The van der Waals surface area contributed by atoms with Gasteiger partial charge in [-0.3, -0.25) is 10.1 Å². The Hall–Kier alpha value is -2.20. The lowest BCUT2D eigenvalue weighted by molar-refractivity contribution is -0.384. The van der Waals surface area contributed by atoms with Crippen molar-refractivity contribution in [3.05, 3.63) is 57.6 Å². The minimum absolute atomic E-state index is 0.0876. The zero-order valence-electron chi connectivity index (χ0n) is 14.6. The van der Waals surface area contributed by atoms with Crippen LogP contribution >= 0.6 is 11.6 Å². The number of nitro benzene ring substituents is 1. The van der Waals surface area contributed by atoms with E-state index in [4.69, 9.17) is 11.6 Å². The summed E-state index contributed by atoms with van der Waals surface area (Å²) in [6.07, 6.45) is 0. The fourth-order valence-electron chi connectivity index (χ4n) is 2.83. The van der Waals surface area contributed by atoms with Crippen molar-refractivity contribution in [2.75, 3.05) is 38.5 Å². The second kappa shape index (κ2) is 7.81. The highest BCUT2D eigenvalue weighted by Crippen LogP contribution is 2.32. The zero-order chi connectivity index (χ0) is 19.6. The van der Waals surface area contributed by atoms with E-state index in [1.807, 2.05) is 11.9 Å². The third kappa shape index (κ3) is 4.38. The number of anilines is 2. The molecule has 0 spiro atoms. The largest absolute Gasteiger partial charge is 0.350 e. The van der Waals surface area contributed by atoms with Crippen LogP contribution < -0.4 is 5.32 Å². The van der Waals surface area contributed by atoms with Gasteiger partial charge in [0, 0.05) is 43.0 Å². The number of benzene rings is 2. The summed E-state index contributed by atoms with van der Waals surface area (Å²) in [4.78, 5) is 12.8. The predicted octanol–water partition coefficient (Wildman–Crippen LogP) is 2.93. The topological polar surface area (TPSA) is 95.8 Å². The number of likely N-dealkylation sites (N-methyl/N-ethyl adjacent to an activating group) is 1. The van der Waals surface area contributed by atoms with Gasteiger partial charge in [-0.15, -0.1) is 0 Å². The number of nitrogens with one attached hydrogen (secondary N) is 1. The number of hydrogen-bond acceptors (Lipinski definition) is 6. The van der Waals surface area contributed by atoms with Crippen molar-refractivity contribution in [2.24, 2.45) is 0 Å². The lowest BCUT2D eigenvalue weighted by atomic mass is 10.2. The highest BCUT2D eigenvalue weighted by atomic mass is 35.5. The third-order valence-corrected chi connectivity index (χ3v) is 6.50. The second-order valence-electron chi connectivity index (χ2n) is 6.28. The van der Waals surface area contributed by atoms with Crippen molar-refractivity contribution < 1.29 is 13.3 Å². The van der Waals surface area contributed by atoms with Crippen molar-refractivity contribution in [1.82, 2.24) is 9.21 Å². The van der Waals surface area contributed by atoms with Crippen molar-refractivity contribution >= 4 is 38.7 Å². The van der Waals surface area contributed by atoms with Crippen LogP contribution in [-0.2, 0) is 10.0 Å². The third-order valence-electron chi connectivity index (χ3n) is 4.37. The van der Waals surface area contributed by atoms with E-state index < -0.39 is 14.9 Å². The number of piperazine rings is 1. The van der Waals surface area contributed by atoms with Crippen molar-refractivity contribution in [2.45, 2.75) is 4.90 Å². The fourth-order valence-corrected chi connectivity index (χ4v) is 4.46. The van der Waals surface area contributed by atoms with Crippen molar-refractivity contribution in [1.29, 1.82) is 0 Å². The summed E-state index contributed by atoms with van der Waals surface area (Å²) < 4.78 is 27.0. The molecule has 1 fully saturated rings. The van der Waals surface area contributed by atoms with Gasteiger partial charge in [0.05, 0.1) is 9.82 Å². The van der Waals surface area contributed by atoms with Gasteiger partial charge in [-0.05, 0) is 37.4 Å². The molecule has 1 aliphatic heterocycles. The highest BCUT2D eigenvalue weighted by molar-refractivity contribution is 7.89. The number of nitrogens with zero attached hydrogens (tertiary/aromatic N) is 3. The summed E-state index contributed by atoms with van der Waals surface area (Å²) >= 11 is 5.93. The van der Waals surface area contributed by atoms with Crippen LogP contribution in [0.3, 0.4) is 0 Å². The molecule has 27 heavy (non-hydrogen) atoms. The summed E-state index contributed by atoms with van der Waals surface area (Å²) in [5.41, 5.74) is 0.449. The zero-order valence-corrected chi connectivity index (χ0v) is 16.2. The SMILES string of the molecule is CN1CCN(S(=O)(=O)c2ccc(Nc3cccc(Cl)c3)c([N+](=O)[O-])c2)CC1. The van der Waals surface area contributed by atoms with E-state index in [1.165, 1.54) is 16.4 Å². The predicted molar refractivity (Wildman–Crippen MR) is 104 cm³/mol. The van der Waals surface area contributed by atoms with Crippen molar-refractivity contribution in [3.63, 3.8) is 0 Å². The maximum atomic E-state index is 12.8.